The topological polar surface area (TPSA) is 109 Å². The van der Waals surface area contributed by atoms with Gasteiger partial charge in [-0.3, -0.25) is 4.79 Å². The van der Waals surface area contributed by atoms with Crippen LogP contribution in [-0.2, 0) is 4.79 Å². The average molecular weight is 453 g/mol. The van der Waals surface area contributed by atoms with E-state index in [1.165, 1.54) is 6.92 Å². The van der Waals surface area contributed by atoms with Gasteiger partial charge in [-0.1, -0.05) is 12.1 Å². The summed E-state index contributed by atoms with van der Waals surface area (Å²) in [6.45, 7) is 3.64. The first-order valence-corrected chi connectivity index (χ1v) is 10.4. The summed E-state index contributed by atoms with van der Waals surface area (Å²) < 4.78 is 37.7. The van der Waals surface area contributed by atoms with Crippen molar-refractivity contribution in [2.75, 3.05) is 26.7 Å². The van der Waals surface area contributed by atoms with Crippen LogP contribution in [0.4, 0.5) is 18.9 Å². The summed E-state index contributed by atoms with van der Waals surface area (Å²) in [4.78, 5) is 17.9. The van der Waals surface area contributed by atoms with E-state index in [4.69, 9.17) is 11.5 Å². The van der Waals surface area contributed by atoms with Gasteiger partial charge in [0, 0.05) is 57.0 Å². The molecule has 1 unspecified atom stereocenters. The third-order valence-corrected chi connectivity index (χ3v) is 5.07. The monoisotopic (exact) mass is 452 g/mol. The number of rotatable bonds is 8. The number of benzene rings is 1. The molecular formula is C22H31F3N6O. The fraction of sp³-hybridized carbons (Fsp3) is 0.455. The first kappa shape index (κ1) is 25.3. The van der Waals surface area contributed by atoms with Crippen LogP contribution < -0.4 is 22.1 Å². The maximum atomic E-state index is 12.6. The van der Waals surface area contributed by atoms with Crippen molar-refractivity contribution < 1.29 is 18.0 Å². The average Bonchev–Trinajstić information content (AvgIpc) is 2.71. The number of nitrogens with zero attached hydrogens (tertiary/aromatic N) is 2. The van der Waals surface area contributed by atoms with Gasteiger partial charge in [0.05, 0.1) is 18.7 Å². The summed E-state index contributed by atoms with van der Waals surface area (Å²) in [6.07, 6.45) is -3.03. The predicted molar refractivity (Wildman–Crippen MR) is 121 cm³/mol. The summed E-state index contributed by atoms with van der Waals surface area (Å²) in [5, 5.41) is 5.82. The Morgan fingerprint density at radius 1 is 1.38 bits per heavy atom. The van der Waals surface area contributed by atoms with Crippen LogP contribution in [0, 0.1) is 0 Å². The van der Waals surface area contributed by atoms with Crippen molar-refractivity contribution in [1.29, 1.82) is 0 Å². The first-order chi connectivity index (χ1) is 15.0. The Kier molecular flexibility index (Phi) is 8.71. The number of amides is 1. The lowest BCUT2D eigenvalue weighted by Gasteiger charge is -2.30. The quantitative estimate of drug-likeness (QED) is 0.358. The van der Waals surface area contributed by atoms with E-state index >= 15 is 0 Å². The molecule has 1 aliphatic heterocycles. The molecule has 0 fully saturated rings. The Labute approximate surface area is 186 Å². The summed E-state index contributed by atoms with van der Waals surface area (Å²) in [5.74, 6) is 0.0213. The fourth-order valence-electron chi connectivity index (χ4n) is 3.41. The molecule has 1 aromatic carbocycles. The smallest absolute Gasteiger partial charge is 0.390 e. The Morgan fingerprint density at radius 3 is 2.69 bits per heavy atom. The molecule has 0 bridgehead atoms. The molecule has 1 aliphatic rings. The zero-order chi connectivity index (χ0) is 23.9. The summed E-state index contributed by atoms with van der Waals surface area (Å²) in [7, 11) is 1.78. The van der Waals surface area contributed by atoms with Crippen LogP contribution in [0.2, 0.25) is 0 Å². The number of carbonyl (C=O) groups excluding carboxylic acids is 1. The molecule has 0 spiro atoms. The Morgan fingerprint density at radius 2 is 2.09 bits per heavy atom. The number of amidine groups is 1. The highest BCUT2D eigenvalue weighted by Crippen LogP contribution is 2.24. The number of halogens is 3. The molecule has 0 aromatic heterocycles. The van der Waals surface area contributed by atoms with E-state index in [1.807, 2.05) is 31.3 Å². The van der Waals surface area contributed by atoms with Gasteiger partial charge in [-0.25, -0.2) is 4.99 Å². The van der Waals surface area contributed by atoms with Gasteiger partial charge in [0.25, 0.3) is 0 Å². The molecule has 2 rings (SSSR count). The van der Waals surface area contributed by atoms with Crippen molar-refractivity contribution in [3.63, 3.8) is 0 Å². The van der Waals surface area contributed by atoms with Crippen LogP contribution in [0.15, 0.2) is 46.7 Å². The van der Waals surface area contributed by atoms with Crippen LogP contribution in [0.25, 0.3) is 5.57 Å². The number of aliphatic imine (C=N–C) groups is 1. The summed E-state index contributed by atoms with van der Waals surface area (Å²) >= 11 is 0. The van der Waals surface area contributed by atoms with Crippen molar-refractivity contribution in [1.82, 2.24) is 15.5 Å². The number of carbonyl (C=O) groups is 1. The molecule has 1 atom stereocenters. The number of nitrogens with one attached hydrogen (secondary N) is 2. The third kappa shape index (κ3) is 7.30. The number of nitrogens with two attached hydrogens (primary N) is 2. The molecular weight excluding hydrogens is 421 g/mol. The van der Waals surface area contributed by atoms with E-state index in [9.17, 15) is 18.0 Å². The normalized spacial score (nSPS) is 16.8. The highest BCUT2D eigenvalue weighted by molar-refractivity contribution is 6.00. The second-order valence-electron chi connectivity index (χ2n) is 7.66. The second kappa shape index (κ2) is 11.0. The molecule has 32 heavy (non-hydrogen) atoms. The Balaban J connectivity index is 2.36. The van der Waals surface area contributed by atoms with E-state index in [0.29, 0.717) is 29.9 Å². The van der Waals surface area contributed by atoms with Gasteiger partial charge in [0.2, 0.25) is 5.91 Å². The minimum atomic E-state index is -4.26. The third-order valence-electron chi connectivity index (χ3n) is 5.07. The van der Waals surface area contributed by atoms with E-state index in [1.54, 1.807) is 18.0 Å². The van der Waals surface area contributed by atoms with Gasteiger partial charge in [0.1, 0.15) is 5.84 Å². The lowest BCUT2D eigenvalue weighted by atomic mass is 10.0. The molecule has 10 heteroatoms. The van der Waals surface area contributed by atoms with E-state index in [2.05, 4.69) is 15.6 Å². The van der Waals surface area contributed by atoms with Crippen LogP contribution >= 0.6 is 0 Å². The molecule has 6 N–H and O–H groups in total. The SMILES string of the molecule is CN/C=C(/c1cccc(N=C(N)C2=C(NCCC(F)(F)F)CCN(C(C)=O)C2)c1)C(C)N. The molecule has 7 nitrogen and oxygen atoms in total. The van der Waals surface area contributed by atoms with Crippen LogP contribution in [-0.4, -0.2) is 55.5 Å². The van der Waals surface area contributed by atoms with Crippen LogP contribution in [0.3, 0.4) is 0 Å². The molecule has 0 saturated carbocycles. The number of hydrogen-bond acceptors (Lipinski definition) is 5. The first-order valence-electron chi connectivity index (χ1n) is 10.4. The van der Waals surface area contributed by atoms with E-state index in [-0.39, 0.29) is 30.9 Å². The zero-order valence-electron chi connectivity index (χ0n) is 18.6. The van der Waals surface area contributed by atoms with Crippen molar-refractivity contribution in [3.8, 4) is 0 Å². The molecule has 1 amide bonds. The zero-order valence-corrected chi connectivity index (χ0v) is 18.6. The number of hydrogen-bond donors (Lipinski definition) is 4. The largest absolute Gasteiger partial charge is 0.394 e. The van der Waals surface area contributed by atoms with Gasteiger partial charge in [0.15, 0.2) is 0 Å². The summed E-state index contributed by atoms with van der Waals surface area (Å²) in [5.41, 5.74) is 15.8. The van der Waals surface area contributed by atoms with Gasteiger partial charge in [-0.2, -0.15) is 13.2 Å². The maximum absolute atomic E-state index is 12.6. The van der Waals surface area contributed by atoms with Crippen molar-refractivity contribution in [3.05, 3.63) is 47.3 Å². The highest BCUT2D eigenvalue weighted by Gasteiger charge is 2.28. The van der Waals surface area contributed by atoms with Gasteiger partial charge < -0.3 is 27.0 Å². The lowest BCUT2D eigenvalue weighted by molar-refractivity contribution is -0.133. The molecule has 176 valence electrons. The highest BCUT2D eigenvalue weighted by atomic mass is 19.4. The minimum Gasteiger partial charge on any atom is -0.394 e. The van der Waals surface area contributed by atoms with Crippen LogP contribution in [0.5, 0.6) is 0 Å². The standard InChI is InChI=1S/C22H31F3N6O/c1-14(26)18(12-28-3)16-5-4-6-17(11-16)30-21(27)19-13-31(15(2)32)10-7-20(19)29-9-8-22(23,24)25/h4-6,11-12,14,28-29H,7-10,13,26H2,1-3H3,(H2,27,30)/b18-12+. The predicted octanol–water partition coefficient (Wildman–Crippen LogP) is 2.63. The molecule has 1 aromatic rings. The Bertz CT molecular complexity index is 905. The van der Waals surface area contributed by atoms with Crippen molar-refractivity contribution >= 4 is 23.0 Å². The van der Waals surface area contributed by atoms with Crippen molar-refractivity contribution in [2.45, 2.75) is 38.9 Å². The van der Waals surface area contributed by atoms with E-state index in [0.717, 1.165) is 11.1 Å². The fourth-order valence-corrected chi connectivity index (χ4v) is 3.41. The molecule has 0 aliphatic carbocycles. The van der Waals surface area contributed by atoms with Crippen molar-refractivity contribution in [2.24, 2.45) is 16.5 Å². The molecule has 0 saturated heterocycles. The molecule has 0 radical (unpaired) electrons. The second-order valence-corrected chi connectivity index (χ2v) is 7.66. The molecule has 1 heterocycles. The number of alkyl halides is 3. The summed E-state index contributed by atoms with van der Waals surface area (Å²) in [6, 6.07) is 7.13. The Hall–Kier alpha value is -3.01. The maximum Gasteiger partial charge on any atom is 0.390 e. The minimum absolute atomic E-state index is 0.134. The lowest BCUT2D eigenvalue weighted by Crippen LogP contribution is -2.41. The van der Waals surface area contributed by atoms with Gasteiger partial charge in [-0.15, -0.1) is 0 Å². The van der Waals surface area contributed by atoms with Gasteiger partial charge >= 0.3 is 6.18 Å². The van der Waals surface area contributed by atoms with Crippen LogP contribution in [0.1, 0.15) is 32.3 Å². The van der Waals surface area contributed by atoms with Gasteiger partial charge in [-0.05, 0) is 30.2 Å². The van der Waals surface area contributed by atoms with E-state index < -0.39 is 12.6 Å².